The zero-order valence-electron chi connectivity index (χ0n) is 15.8. The molecule has 0 bridgehead atoms. The molecule has 1 aromatic carbocycles. The van der Waals surface area contributed by atoms with Gasteiger partial charge in [-0.05, 0) is 37.0 Å². The van der Waals surface area contributed by atoms with E-state index in [2.05, 4.69) is 28.7 Å². The SMILES string of the molecule is CCCCCCOC(=O)OOOC(=O)c1ccc(CCCCCC)cc1. The standard InChI is InChI=1S/C20H30O6/c1-3-5-7-9-11-17-12-14-18(15-13-17)19(21)24-26-25-20(22)23-16-10-8-6-4-2/h12-15H,3-11,16H2,1-2H3. The molecule has 0 spiro atoms. The van der Waals surface area contributed by atoms with Crippen LogP contribution in [0.25, 0.3) is 0 Å². The van der Waals surface area contributed by atoms with Crippen LogP contribution in [-0.2, 0) is 26.0 Å². The lowest BCUT2D eigenvalue weighted by Crippen LogP contribution is -2.12. The predicted molar refractivity (Wildman–Crippen MR) is 97.4 cm³/mol. The van der Waals surface area contributed by atoms with Crippen LogP contribution in [0.15, 0.2) is 24.3 Å². The quantitative estimate of drug-likeness (QED) is 0.197. The van der Waals surface area contributed by atoms with E-state index in [1.807, 2.05) is 12.1 Å². The van der Waals surface area contributed by atoms with Crippen molar-refractivity contribution in [2.45, 2.75) is 71.6 Å². The van der Waals surface area contributed by atoms with E-state index in [4.69, 9.17) is 4.74 Å². The minimum absolute atomic E-state index is 0.246. The lowest BCUT2D eigenvalue weighted by Gasteiger charge is -2.05. The fourth-order valence-corrected chi connectivity index (χ4v) is 2.40. The number of rotatable bonds is 13. The van der Waals surface area contributed by atoms with Gasteiger partial charge in [0.15, 0.2) is 0 Å². The second kappa shape index (κ2) is 14.1. The number of aryl methyl sites for hydroxylation is 1. The van der Waals surface area contributed by atoms with Gasteiger partial charge in [0.2, 0.25) is 0 Å². The average molecular weight is 366 g/mol. The van der Waals surface area contributed by atoms with Crippen molar-refractivity contribution < 1.29 is 29.1 Å². The number of hydrogen-bond acceptors (Lipinski definition) is 6. The minimum atomic E-state index is -1.03. The first-order valence-corrected chi connectivity index (χ1v) is 9.48. The van der Waals surface area contributed by atoms with E-state index in [9.17, 15) is 9.59 Å². The third-order valence-electron chi connectivity index (χ3n) is 3.94. The van der Waals surface area contributed by atoms with Crippen molar-refractivity contribution in [1.82, 2.24) is 0 Å². The summed E-state index contributed by atoms with van der Waals surface area (Å²) in [5.41, 5.74) is 1.49. The molecule has 0 radical (unpaired) electrons. The van der Waals surface area contributed by atoms with Gasteiger partial charge in [0, 0.05) is 0 Å². The van der Waals surface area contributed by atoms with Gasteiger partial charge in [-0.15, -0.1) is 0 Å². The van der Waals surface area contributed by atoms with Crippen molar-refractivity contribution in [1.29, 1.82) is 0 Å². The van der Waals surface area contributed by atoms with E-state index < -0.39 is 12.1 Å². The van der Waals surface area contributed by atoms with Gasteiger partial charge in [-0.1, -0.05) is 64.5 Å². The number of carbonyl (C=O) groups excluding carboxylic acids is 2. The smallest absolute Gasteiger partial charge is 0.432 e. The topological polar surface area (TPSA) is 71.1 Å². The highest BCUT2D eigenvalue weighted by Gasteiger charge is 2.12. The molecule has 0 atom stereocenters. The summed E-state index contributed by atoms with van der Waals surface area (Å²) >= 11 is 0. The average Bonchev–Trinajstić information content (AvgIpc) is 2.65. The highest BCUT2D eigenvalue weighted by molar-refractivity contribution is 5.88. The normalized spacial score (nSPS) is 10.4. The molecule has 1 aromatic rings. The van der Waals surface area contributed by atoms with Gasteiger partial charge in [-0.25, -0.2) is 14.5 Å². The van der Waals surface area contributed by atoms with E-state index >= 15 is 0 Å². The molecule has 0 aromatic heterocycles. The van der Waals surface area contributed by atoms with Crippen molar-refractivity contribution >= 4 is 12.1 Å². The monoisotopic (exact) mass is 366 g/mol. The maximum absolute atomic E-state index is 11.8. The molecular formula is C20H30O6. The third kappa shape index (κ3) is 10.0. The van der Waals surface area contributed by atoms with Gasteiger partial charge >= 0.3 is 12.1 Å². The Bertz CT molecular complexity index is 512. The zero-order valence-corrected chi connectivity index (χ0v) is 15.8. The Kier molecular flexibility index (Phi) is 11.9. The molecule has 146 valence electrons. The zero-order chi connectivity index (χ0) is 19.0. The van der Waals surface area contributed by atoms with Gasteiger partial charge in [-0.2, -0.15) is 0 Å². The molecule has 0 aliphatic rings. The first-order valence-electron chi connectivity index (χ1n) is 9.48. The van der Waals surface area contributed by atoms with Gasteiger partial charge in [-0.3, -0.25) is 4.89 Å². The fraction of sp³-hybridized carbons (Fsp3) is 0.600. The summed E-state index contributed by atoms with van der Waals surface area (Å²) in [4.78, 5) is 31.7. The van der Waals surface area contributed by atoms with E-state index in [-0.39, 0.29) is 6.61 Å². The molecular weight excluding hydrogens is 336 g/mol. The molecule has 0 aliphatic carbocycles. The Morgan fingerprint density at radius 1 is 0.808 bits per heavy atom. The molecule has 0 heterocycles. The molecule has 0 aliphatic heterocycles. The first kappa shape index (κ1) is 22.0. The lowest BCUT2D eigenvalue weighted by atomic mass is 10.0. The predicted octanol–water partition coefficient (Wildman–Crippen LogP) is 5.55. The summed E-state index contributed by atoms with van der Waals surface area (Å²) in [7, 11) is 0. The van der Waals surface area contributed by atoms with Crippen LogP contribution in [-0.4, -0.2) is 18.7 Å². The minimum Gasteiger partial charge on any atom is -0.432 e. The summed E-state index contributed by atoms with van der Waals surface area (Å²) in [6, 6.07) is 7.09. The Hall–Kier alpha value is -2.08. The molecule has 26 heavy (non-hydrogen) atoms. The van der Waals surface area contributed by atoms with Gasteiger partial charge < -0.3 is 4.74 Å². The van der Waals surface area contributed by atoms with Crippen molar-refractivity contribution in [2.75, 3.05) is 6.61 Å². The van der Waals surface area contributed by atoms with Crippen molar-refractivity contribution in [3.63, 3.8) is 0 Å². The largest absolute Gasteiger partial charge is 0.543 e. The first-order chi connectivity index (χ1) is 12.7. The molecule has 0 saturated heterocycles. The van der Waals surface area contributed by atoms with Crippen LogP contribution < -0.4 is 0 Å². The summed E-state index contributed by atoms with van der Waals surface area (Å²) in [6.07, 6.45) is 8.67. The molecule has 6 heteroatoms. The van der Waals surface area contributed by atoms with Crippen LogP contribution in [0.2, 0.25) is 0 Å². The second-order valence-corrected chi connectivity index (χ2v) is 6.19. The number of ether oxygens (including phenoxy) is 1. The molecule has 0 N–H and O–H groups in total. The number of carbonyl (C=O) groups is 2. The molecule has 6 nitrogen and oxygen atoms in total. The number of hydrogen-bond donors (Lipinski definition) is 0. The van der Waals surface area contributed by atoms with Crippen LogP contribution in [0.5, 0.6) is 0 Å². The fourth-order valence-electron chi connectivity index (χ4n) is 2.40. The maximum atomic E-state index is 11.8. The number of benzene rings is 1. The van der Waals surface area contributed by atoms with Gasteiger partial charge in [0.05, 0.1) is 17.2 Å². The van der Waals surface area contributed by atoms with E-state index in [0.29, 0.717) is 5.56 Å². The summed E-state index contributed by atoms with van der Waals surface area (Å²) < 4.78 is 4.77. The molecule has 0 amide bonds. The van der Waals surface area contributed by atoms with Crippen LogP contribution in [0.4, 0.5) is 4.79 Å². The molecule has 0 fully saturated rings. The Morgan fingerprint density at radius 3 is 2.12 bits per heavy atom. The Labute approximate surface area is 155 Å². The summed E-state index contributed by atoms with van der Waals surface area (Å²) in [5.74, 6) is -0.738. The van der Waals surface area contributed by atoms with Crippen molar-refractivity contribution in [3.05, 3.63) is 35.4 Å². The van der Waals surface area contributed by atoms with Crippen LogP contribution >= 0.6 is 0 Å². The highest BCUT2D eigenvalue weighted by Crippen LogP contribution is 2.11. The highest BCUT2D eigenvalue weighted by atomic mass is 17.5. The summed E-state index contributed by atoms with van der Waals surface area (Å²) in [6.45, 7) is 4.52. The number of unbranched alkanes of at least 4 members (excludes halogenated alkanes) is 6. The van der Waals surface area contributed by atoms with Crippen molar-refractivity contribution in [3.8, 4) is 0 Å². The van der Waals surface area contributed by atoms with E-state index in [0.717, 1.165) is 38.5 Å². The van der Waals surface area contributed by atoms with E-state index in [1.165, 1.54) is 24.8 Å². The van der Waals surface area contributed by atoms with Gasteiger partial charge in [0.25, 0.3) is 0 Å². The second-order valence-electron chi connectivity index (χ2n) is 6.19. The lowest BCUT2D eigenvalue weighted by molar-refractivity contribution is -0.452. The van der Waals surface area contributed by atoms with Crippen LogP contribution in [0, 0.1) is 0 Å². The Balaban J connectivity index is 2.19. The van der Waals surface area contributed by atoms with Crippen molar-refractivity contribution in [2.24, 2.45) is 0 Å². The van der Waals surface area contributed by atoms with Crippen LogP contribution in [0.1, 0.15) is 81.1 Å². The molecule has 0 unspecified atom stereocenters. The van der Waals surface area contributed by atoms with Gasteiger partial charge in [0.1, 0.15) is 0 Å². The summed E-state index contributed by atoms with van der Waals surface area (Å²) in [5, 5.41) is 4.19. The maximum Gasteiger partial charge on any atom is 0.543 e. The van der Waals surface area contributed by atoms with E-state index in [1.54, 1.807) is 12.1 Å². The Morgan fingerprint density at radius 2 is 1.46 bits per heavy atom. The molecule has 1 rings (SSSR count). The third-order valence-corrected chi connectivity index (χ3v) is 3.94. The molecule has 0 saturated carbocycles. The van der Waals surface area contributed by atoms with Crippen LogP contribution in [0.3, 0.4) is 0 Å².